The molecule has 1 saturated heterocycles. The summed E-state index contributed by atoms with van der Waals surface area (Å²) in [4.78, 5) is 0. The molecule has 2 nitrogen and oxygen atoms in total. The van der Waals surface area contributed by atoms with E-state index >= 15 is 0 Å². The van der Waals surface area contributed by atoms with Crippen LogP contribution in [0.3, 0.4) is 0 Å². The Bertz CT molecular complexity index is 202. The van der Waals surface area contributed by atoms with Gasteiger partial charge >= 0.3 is 0 Å². The molecule has 0 amide bonds. The fourth-order valence-electron chi connectivity index (χ4n) is 1.82. The van der Waals surface area contributed by atoms with E-state index in [2.05, 4.69) is 24.3 Å². The maximum absolute atomic E-state index is 5.70. The lowest BCUT2D eigenvalue weighted by molar-refractivity contribution is -0.164. The number of ether oxygens (including phenoxy) is 2. The molecule has 1 aliphatic heterocycles. The molecule has 14 heavy (non-hydrogen) atoms. The minimum Gasteiger partial charge on any atom is -0.353 e. The summed E-state index contributed by atoms with van der Waals surface area (Å²) in [6.07, 6.45) is 13.4. The molecule has 0 bridgehead atoms. The van der Waals surface area contributed by atoms with Gasteiger partial charge in [0.15, 0.2) is 6.29 Å². The van der Waals surface area contributed by atoms with Crippen LogP contribution >= 0.6 is 0 Å². The minimum atomic E-state index is 0.0486. The highest BCUT2D eigenvalue weighted by atomic mass is 16.7. The third kappa shape index (κ3) is 2.96. The zero-order chi connectivity index (χ0) is 9.64. The van der Waals surface area contributed by atoms with E-state index in [4.69, 9.17) is 9.47 Å². The Morgan fingerprint density at radius 1 is 1.21 bits per heavy atom. The van der Waals surface area contributed by atoms with Gasteiger partial charge in [-0.05, 0) is 25.7 Å². The average Bonchev–Trinajstić information content (AvgIpc) is 2.29. The molecule has 0 aromatic heterocycles. The Morgan fingerprint density at radius 3 is 2.79 bits per heavy atom. The van der Waals surface area contributed by atoms with Crippen LogP contribution in [0.5, 0.6) is 0 Å². The molecule has 0 aromatic carbocycles. The number of allylic oxidation sites excluding steroid dienone is 2. The highest BCUT2D eigenvalue weighted by molar-refractivity contribution is 5.08. The first-order valence-electron chi connectivity index (χ1n) is 5.52. The van der Waals surface area contributed by atoms with E-state index in [0.717, 1.165) is 26.1 Å². The normalized spacial score (nSPS) is 28.1. The second-order valence-electron chi connectivity index (χ2n) is 3.89. The Balaban J connectivity index is 1.67. The smallest absolute Gasteiger partial charge is 0.157 e. The van der Waals surface area contributed by atoms with Crippen LogP contribution in [0.2, 0.25) is 0 Å². The van der Waals surface area contributed by atoms with Crippen molar-refractivity contribution in [3.05, 3.63) is 24.3 Å². The molecule has 2 heteroatoms. The lowest BCUT2D eigenvalue weighted by atomic mass is 10.0. The van der Waals surface area contributed by atoms with Gasteiger partial charge < -0.3 is 9.47 Å². The van der Waals surface area contributed by atoms with Gasteiger partial charge in [0.2, 0.25) is 0 Å². The van der Waals surface area contributed by atoms with Crippen LogP contribution < -0.4 is 0 Å². The van der Waals surface area contributed by atoms with Crippen molar-refractivity contribution in [2.75, 3.05) is 13.2 Å². The lowest BCUT2D eigenvalue weighted by Crippen LogP contribution is -2.24. The van der Waals surface area contributed by atoms with Crippen LogP contribution in [0.4, 0.5) is 0 Å². The van der Waals surface area contributed by atoms with E-state index in [9.17, 15) is 0 Å². The fraction of sp³-hybridized carbons (Fsp3) is 0.667. The predicted octanol–water partition coefficient (Wildman–Crippen LogP) is 2.66. The van der Waals surface area contributed by atoms with Crippen molar-refractivity contribution in [1.82, 2.24) is 0 Å². The van der Waals surface area contributed by atoms with Crippen molar-refractivity contribution in [3.63, 3.8) is 0 Å². The first-order chi connectivity index (χ1) is 6.95. The zero-order valence-corrected chi connectivity index (χ0v) is 8.52. The highest BCUT2D eigenvalue weighted by Crippen LogP contribution is 2.16. The van der Waals surface area contributed by atoms with Crippen LogP contribution in [0.25, 0.3) is 0 Å². The summed E-state index contributed by atoms with van der Waals surface area (Å²) in [6, 6.07) is 0. The van der Waals surface area contributed by atoms with E-state index in [1.807, 2.05) is 0 Å². The van der Waals surface area contributed by atoms with E-state index in [0.29, 0.717) is 5.92 Å². The summed E-state index contributed by atoms with van der Waals surface area (Å²) in [7, 11) is 0. The van der Waals surface area contributed by atoms with Gasteiger partial charge in [-0.3, -0.25) is 0 Å². The molecule has 0 aromatic rings. The van der Waals surface area contributed by atoms with Crippen LogP contribution in [0.15, 0.2) is 24.3 Å². The summed E-state index contributed by atoms with van der Waals surface area (Å²) in [5.74, 6) is 0.453. The summed E-state index contributed by atoms with van der Waals surface area (Å²) in [5.41, 5.74) is 0. The van der Waals surface area contributed by atoms with Crippen molar-refractivity contribution in [1.29, 1.82) is 0 Å². The topological polar surface area (TPSA) is 18.5 Å². The summed E-state index contributed by atoms with van der Waals surface area (Å²) < 4.78 is 11.2. The van der Waals surface area contributed by atoms with E-state index in [-0.39, 0.29) is 6.29 Å². The third-order valence-electron chi connectivity index (χ3n) is 2.65. The molecule has 1 aliphatic carbocycles. The molecule has 0 saturated carbocycles. The van der Waals surface area contributed by atoms with Gasteiger partial charge in [0.1, 0.15) is 0 Å². The molecule has 2 rings (SSSR count). The Hall–Kier alpha value is -0.600. The standard InChI is InChI=1S/C12H18O2/c1-2-6-11(7-3-1)10-14-12-8-4-5-9-13-12/h2-3,6-7,11-12H,1,4-5,8-10H2/t12-/m0/s1. The van der Waals surface area contributed by atoms with Gasteiger partial charge in [-0.2, -0.15) is 0 Å². The number of rotatable bonds is 3. The van der Waals surface area contributed by atoms with Crippen LogP contribution in [-0.4, -0.2) is 19.5 Å². The fourth-order valence-corrected chi connectivity index (χ4v) is 1.82. The molecule has 2 aliphatic rings. The number of hydrogen-bond acceptors (Lipinski definition) is 2. The molecule has 1 fully saturated rings. The molecule has 0 radical (unpaired) electrons. The Morgan fingerprint density at radius 2 is 2.07 bits per heavy atom. The molecule has 0 spiro atoms. The van der Waals surface area contributed by atoms with Crippen molar-refractivity contribution >= 4 is 0 Å². The third-order valence-corrected chi connectivity index (χ3v) is 2.65. The largest absolute Gasteiger partial charge is 0.353 e. The number of hydrogen-bond donors (Lipinski definition) is 0. The van der Waals surface area contributed by atoms with Gasteiger partial charge in [-0.15, -0.1) is 0 Å². The van der Waals surface area contributed by atoms with Gasteiger partial charge in [0.05, 0.1) is 6.61 Å². The van der Waals surface area contributed by atoms with Crippen molar-refractivity contribution < 1.29 is 9.47 Å². The minimum absolute atomic E-state index is 0.0486. The quantitative estimate of drug-likeness (QED) is 0.643. The van der Waals surface area contributed by atoms with E-state index < -0.39 is 0 Å². The maximum Gasteiger partial charge on any atom is 0.157 e. The Labute approximate surface area is 85.6 Å². The van der Waals surface area contributed by atoms with Crippen molar-refractivity contribution in [2.24, 2.45) is 5.92 Å². The van der Waals surface area contributed by atoms with Crippen molar-refractivity contribution in [2.45, 2.75) is 32.0 Å². The second kappa shape index (κ2) is 5.32. The van der Waals surface area contributed by atoms with Gasteiger partial charge in [0.25, 0.3) is 0 Å². The molecular formula is C12H18O2. The molecule has 1 atom stereocenters. The second-order valence-corrected chi connectivity index (χ2v) is 3.89. The lowest BCUT2D eigenvalue weighted by Gasteiger charge is -2.24. The molecule has 1 heterocycles. The van der Waals surface area contributed by atoms with Crippen LogP contribution in [-0.2, 0) is 9.47 Å². The molecule has 0 unspecified atom stereocenters. The average molecular weight is 194 g/mol. The van der Waals surface area contributed by atoms with Gasteiger partial charge in [-0.1, -0.05) is 24.3 Å². The van der Waals surface area contributed by atoms with E-state index in [1.54, 1.807) is 0 Å². The van der Waals surface area contributed by atoms with Gasteiger partial charge in [0, 0.05) is 12.5 Å². The summed E-state index contributed by atoms with van der Waals surface area (Å²) in [5, 5.41) is 0. The van der Waals surface area contributed by atoms with Crippen LogP contribution in [0.1, 0.15) is 25.7 Å². The SMILES string of the molecule is C1=CC(CO[C@H]2CCCCO2)C=CC1. The zero-order valence-electron chi connectivity index (χ0n) is 8.52. The summed E-state index contributed by atoms with van der Waals surface area (Å²) >= 11 is 0. The maximum atomic E-state index is 5.70. The monoisotopic (exact) mass is 194 g/mol. The van der Waals surface area contributed by atoms with Gasteiger partial charge in [-0.25, -0.2) is 0 Å². The Kier molecular flexibility index (Phi) is 3.78. The van der Waals surface area contributed by atoms with Crippen LogP contribution in [0, 0.1) is 5.92 Å². The molecule has 78 valence electrons. The first-order valence-corrected chi connectivity index (χ1v) is 5.52. The van der Waals surface area contributed by atoms with E-state index in [1.165, 1.54) is 12.8 Å². The molecular weight excluding hydrogens is 176 g/mol. The highest BCUT2D eigenvalue weighted by Gasteiger charge is 2.15. The summed E-state index contributed by atoms with van der Waals surface area (Å²) in [6.45, 7) is 1.62. The molecule has 0 N–H and O–H groups in total. The van der Waals surface area contributed by atoms with Crippen molar-refractivity contribution in [3.8, 4) is 0 Å². The first kappa shape index (κ1) is 9.94. The predicted molar refractivity (Wildman–Crippen MR) is 55.9 cm³/mol.